The Bertz CT molecular complexity index is 679. The van der Waals surface area contributed by atoms with Crippen molar-refractivity contribution < 1.29 is 13.0 Å². The second-order valence-corrected chi connectivity index (χ2v) is 12.8. The van der Waals surface area contributed by atoms with E-state index in [0.717, 1.165) is 32.1 Å². The summed E-state index contributed by atoms with van der Waals surface area (Å²) in [5.41, 5.74) is 1.19. The monoisotopic (exact) mass is 510 g/mol. The van der Waals surface area contributed by atoms with Gasteiger partial charge in [0.1, 0.15) is 4.75 Å². The zero-order valence-corrected chi connectivity index (χ0v) is 24.4. The van der Waals surface area contributed by atoms with E-state index in [1.165, 1.54) is 108 Å². The predicted molar refractivity (Wildman–Crippen MR) is 154 cm³/mol. The van der Waals surface area contributed by atoms with Gasteiger partial charge < -0.3 is 0 Å². The lowest BCUT2D eigenvalue weighted by atomic mass is 9.78. The molecule has 0 aliphatic heterocycles. The Hall–Kier alpha value is -0.610. The van der Waals surface area contributed by atoms with E-state index in [1.54, 1.807) is 6.08 Å². The summed E-state index contributed by atoms with van der Waals surface area (Å²) in [7, 11) is -4.16. The SMILES string of the molecule is CCCCCCCCCCCCC1=CC=CC(CCCCCCCCCCCC)(S(=O)(=O)O)C1C. The van der Waals surface area contributed by atoms with E-state index < -0.39 is 14.9 Å². The molecule has 0 spiro atoms. The van der Waals surface area contributed by atoms with E-state index in [0.29, 0.717) is 6.42 Å². The second kappa shape index (κ2) is 19.5. The normalized spacial score (nSPS) is 20.3. The van der Waals surface area contributed by atoms with Gasteiger partial charge in [0.05, 0.1) is 0 Å². The van der Waals surface area contributed by atoms with Crippen molar-refractivity contribution in [2.45, 2.75) is 167 Å². The molecule has 0 saturated heterocycles. The average Bonchev–Trinajstić information content (AvgIpc) is 2.82. The van der Waals surface area contributed by atoms with E-state index in [4.69, 9.17) is 0 Å². The Morgan fingerprint density at radius 2 is 1.09 bits per heavy atom. The maximum absolute atomic E-state index is 12.6. The van der Waals surface area contributed by atoms with Crippen molar-refractivity contribution in [2.75, 3.05) is 0 Å². The second-order valence-electron chi connectivity index (χ2n) is 11.1. The van der Waals surface area contributed by atoms with Crippen molar-refractivity contribution in [1.29, 1.82) is 0 Å². The smallest absolute Gasteiger partial charge is 0.274 e. The lowest BCUT2D eigenvalue weighted by Crippen LogP contribution is -2.44. The molecule has 0 bridgehead atoms. The van der Waals surface area contributed by atoms with E-state index in [-0.39, 0.29) is 5.92 Å². The van der Waals surface area contributed by atoms with Gasteiger partial charge in [0, 0.05) is 5.92 Å². The van der Waals surface area contributed by atoms with Crippen molar-refractivity contribution >= 4 is 10.1 Å². The summed E-state index contributed by atoms with van der Waals surface area (Å²) in [6.45, 7) is 6.52. The zero-order chi connectivity index (χ0) is 25.8. The van der Waals surface area contributed by atoms with Crippen molar-refractivity contribution in [2.24, 2.45) is 5.92 Å². The van der Waals surface area contributed by atoms with Gasteiger partial charge in [-0.2, -0.15) is 8.42 Å². The van der Waals surface area contributed by atoms with Gasteiger partial charge in [-0.1, -0.05) is 167 Å². The molecule has 0 aromatic heterocycles. The zero-order valence-electron chi connectivity index (χ0n) is 23.5. The average molecular weight is 511 g/mol. The van der Waals surface area contributed by atoms with Gasteiger partial charge in [-0.3, -0.25) is 4.55 Å². The summed E-state index contributed by atoms with van der Waals surface area (Å²) < 4.78 is 34.3. The fraction of sp³-hybridized carbons (Fsp3) is 0.871. The lowest BCUT2D eigenvalue weighted by molar-refractivity contribution is 0.375. The van der Waals surface area contributed by atoms with Crippen LogP contribution in [0.2, 0.25) is 0 Å². The molecule has 0 saturated carbocycles. The molecule has 4 heteroatoms. The van der Waals surface area contributed by atoms with Gasteiger partial charge in [0.15, 0.2) is 0 Å². The first-order chi connectivity index (χ1) is 16.9. The minimum absolute atomic E-state index is 0.153. The molecule has 1 aliphatic carbocycles. The van der Waals surface area contributed by atoms with E-state index in [2.05, 4.69) is 19.9 Å². The minimum atomic E-state index is -4.16. The number of hydrogen-bond donors (Lipinski definition) is 1. The summed E-state index contributed by atoms with van der Waals surface area (Å²) in [6, 6.07) is 0. The predicted octanol–water partition coefficient (Wildman–Crippen LogP) is 10.4. The van der Waals surface area contributed by atoms with Gasteiger partial charge in [-0.25, -0.2) is 0 Å². The molecule has 1 rings (SSSR count). The molecule has 3 nitrogen and oxygen atoms in total. The van der Waals surface area contributed by atoms with Crippen LogP contribution in [-0.4, -0.2) is 17.7 Å². The lowest BCUT2D eigenvalue weighted by Gasteiger charge is -2.37. The standard InChI is InChI=1S/C31H58O3S/c1-4-6-8-10-12-14-16-18-20-22-25-30-26-24-28-31(29(30)3,35(32,33)34)27-23-21-19-17-15-13-11-9-7-5-2/h24,26,28-29H,4-23,25,27H2,1-3H3,(H,32,33,34). The first-order valence-corrected chi connectivity index (χ1v) is 16.7. The van der Waals surface area contributed by atoms with Gasteiger partial charge in [-0.15, -0.1) is 0 Å². The van der Waals surface area contributed by atoms with Gasteiger partial charge in [0.2, 0.25) is 0 Å². The number of hydrogen-bond acceptors (Lipinski definition) is 2. The summed E-state index contributed by atoms with van der Waals surface area (Å²) >= 11 is 0. The van der Waals surface area contributed by atoms with Gasteiger partial charge in [0.25, 0.3) is 10.1 Å². The fourth-order valence-electron chi connectivity index (χ4n) is 5.68. The fourth-order valence-corrected chi connectivity index (χ4v) is 6.93. The number of allylic oxidation sites excluding steroid dienone is 3. The Labute approximate surface area is 219 Å². The molecular formula is C31H58O3S. The molecule has 2 unspecified atom stereocenters. The Morgan fingerprint density at radius 1 is 0.686 bits per heavy atom. The third-order valence-electron chi connectivity index (χ3n) is 8.20. The topological polar surface area (TPSA) is 54.4 Å². The highest BCUT2D eigenvalue weighted by Crippen LogP contribution is 2.41. The maximum atomic E-state index is 12.6. The first kappa shape index (κ1) is 32.4. The molecule has 2 atom stereocenters. The summed E-state index contributed by atoms with van der Waals surface area (Å²) in [5, 5.41) is 0. The van der Waals surface area contributed by atoms with Crippen molar-refractivity contribution in [3.63, 3.8) is 0 Å². The molecule has 35 heavy (non-hydrogen) atoms. The van der Waals surface area contributed by atoms with Gasteiger partial charge >= 0.3 is 0 Å². The Kier molecular flexibility index (Phi) is 18.1. The molecule has 1 aliphatic rings. The largest absolute Gasteiger partial charge is 0.285 e. The van der Waals surface area contributed by atoms with Gasteiger partial charge in [-0.05, 0) is 19.3 Å². The molecular weight excluding hydrogens is 452 g/mol. The summed E-state index contributed by atoms with van der Waals surface area (Å²) in [6.07, 6.45) is 32.5. The highest BCUT2D eigenvalue weighted by Gasteiger charge is 2.47. The minimum Gasteiger partial charge on any atom is -0.285 e. The quantitative estimate of drug-likeness (QED) is 0.110. The van der Waals surface area contributed by atoms with Crippen LogP contribution in [0.15, 0.2) is 23.8 Å². The van der Waals surface area contributed by atoms with E-state index >= 15 is 0 Å². The molecule has 0 radical (unpaired) electrons. The van der Waals surface area contributed by atoms with Crippen molar-refractivity contribution in [1.82, 2.24) is 0 Å². The Balaban J connectivity index is 2.35. The molecule has 206 valence electrons. The molecule has 0 heterocycles. The number of rotatable bonds is 23. The molecule has 0 amide bonds. The Morgan fingerprint density at radius 3 is 1.51 bits per heavy atom. The third kappa shape index (κ3) is 13.0. The molecule has 1 N–H and O–H groups in total. The highest BCUT2D eigenvalue weighted by atomic mass is 32.2. The number of unbranched alkanes of at least 4 members (excludes halogenated alkanes) is 18. The van der Waals surface area contributed by atoms with Crippen LogP contribution in [0, 0.1) is 5.92 Å². The van der Waals surface area contributed by atoms with Crippen LogP contribution in [0.25, 0.3) is 0 Å². The molecule has 0 aromatic carbocycles. The maximum Gasteiger partial charge on any atom is 0.274 e. The molecule has 0 aromatic rings. The van der Waals surface area contributed by atoms with Crippen molar-refractivity contribution in [3.8, 4) is 0 Å². The highest BCUT2D eigenvalue weighted by molar-refractivity contribution is 7.87. The van der Waals surface area contributed by atoms with E-state index in [9.17, 15) is 13.0 Å². The van der Waals surface area contributed by atoms with Crippen LogP contribution in [-0.2, 0) is 10.1 Å². The van der Waals surface area contributed by atoms with Crippen LogP contribution in [0.3, 0.4) is 0 Å². The summed E-state index contributed by atoms with van der Waals surface area (Å²) in [5.74, 6) is -0.153. The van der Waals surface area contributed by atoms with Crippen LogP contribution < -0.4 is 0 Å². The van der Waals surface area contributed by atoms with Crippen LogP contribution in [0.1, 0.15) is 162 Å². The van der Waals surface area contributed by atoms with Crippen LogP contribution >= 0.6 is 0 Å². The van der Waals surface area contributed by atoms with Crippen molar-refractivity contribution in [3.05, 3.63) is 23.8 Å². The van der Waals surface area contributed by atoms with Crippen LogP contribution in [0.5, 0.6) is 0 Å². The van der Waals surface area contributed by atoms with Crippen LogP contribution in [0.4, 0.5) is 0 Å². The first-order valence-electron chi connectivity index (χ1n) is 15.2. The third-order valence-corrected chi connectivity index (χ3v) is 9.85. The van der Waals surface area contributed by atoms with E-state index in [1.807, 2.05) is 13.0 Å². The molecule has 0 fully saturated rings. The summed E-state index contributed by atoms with van der Waals surface area (Å²) in [4.78, 5) is 0.